The summed E-state index contributed by atoms with van der Waals surface area (Å²) in [5, 5.41) is 2.66. The summed E-state index contributed by atoms with van der Waals surface area (Å²) in [6, 6.07) is 1.39. The summed E-state index contributed by atoms with van der Waals surface area (Å²) in [5.41, 5.74) is 11.1. The van der Waals surface area contributed by atoms with E-state index in [2.05, 4.69) is 10.3 Å². The van der Waals surface area contributed by atoms with Crippen LogP contribution in [0.5, 0.6) is 0 Å². The molecule has 92 valence electrons. The van der Waals surface area contributed by atoms with Crippen LogP contribution in [0.4, 0.5) is 11.5 Å². The average molecular weight is 238 g/mol. The van der Waals surface area contributed by atoms with Crippen LogP contribution >= 0.6 is 0 Å². The maximum atomic E-state index is 11.1. The van der Waals surface area contributed by atoms with Gasteiger partial charge in [0.1, 0.15) is 12.4 Å². The van der Waals surface area contributed by atoms with Crippen LogP contribution in [0, 0.1) is 0 Å². The lowest BCUT2D eigenvalue weighted by molar-refractivity contribution is -0.140. The molecule has 0 fully saturated rings. The van der Waals surface area contributed by atoms with Crippen molar-refractivity contribution in [3.8, 4) is 0 Å². The van der Waals surface area contributed by atoms with Gasteiger partial charge in [-0.2, -0.15) is 0 Å². The molecule has 0 aliphatic carbocycles. The molecule has 5 N–H and O–H groups in total. The molecule has 1 rings (SSSR count). The van der Waals surface area contributed by atoms with Crippen LogP contribution < -0.4 is 16.8 Å². The number of aromatic nitrogens is 1. The first kappa shape index (κ1) is 12.8. The van der Waals surface area contributed by atoms with E-state index in [-0.39, 0.29) is 17.9 Å². The minimum absolute atomic E-state index is 0.0922. The highest BCUT2D eigenvalue weighted by Gasteiger charge is 2.11. The van der Waals surface area contributed by atoms with Crippen molar-refractivity contribution in [2.75, 3.05) is 24.2 Å². The number of hydrogen-bond acceptors (Lipinski definition) is 6. The molecular formula is C10H14N4O3. The molecule has 1 heterocycles. The molecule has 0 saturated carbocycles. The monoisotopic (exact) mass is 238 g/mol. The topological polar surface area (TPSA) is 120 Å². The van der Waals surface area contributed by atoms with Crippen LogP contribution in [0.1, 0.15) is 17.3 Å². The second-order valence-electron chi connectivity index (χ2n) is 3.19. The second-order valence-corrected chi connectivity index (χ2v) is 3.19. The highest BCUT2D eigenvalue weighted by atomic mass is 16.5. The Hall–Kier alpha value is -2.31. The van der Waals surface area contributed by atoms with Crippen LogP contribution in [0.25, 0.3) is 0 Å². The molecule has 17 heavy (non-hydrogen) atoms. The van der Waals surface area contributed by atoms with E-state index in [1.165, 1.54) is 12.3 Å². The zero-order chi connectivity index (χ0) is 12.8. The molecule has 7 heteroatoms. The van der Waals surface area contributed by atoms with Crippen LogP contribution in [0.3, 0.4) is 0 Å². The van der Waals surface area contributed by atoms with Crippen molar-refractivity contribution in [2.45, 2.75) is 6.92 Å². The maximum Gasteiger partial charge on any atom is 0.325 e. The van der Waals surface area contributed by atoms with Gasteiger partial charge >= 0.3 is 5.97 Å². The number of nitrogens with zero attached hydrogens (tertiary/aromatic N) is 1. The lowest BCUT2D eigenvalue weighted by Crippen LogP contribution is -2.21. The Morgan fingerprint density at radius 3 is 2.82 bits per heavy atom. The highest BCUT2D eigenvalue weighted by molar-refractivity contribution is 5.98. The van der Waals surface area contributed by atoms with Gasteiger partial charge in [0.2, 0.25) is 0 Å². The SMILES string of the molecule is CCOC(=O)CNc1ncc(N)cc1C(N)=O. The summed E-state index contributed by atoms with van der Waals surface area (Å²) in [5.74, 6) is -0.905. The fourth-order valence-electron chi connectivity index (χ4n) is 1.18. The Bertz CT molecular complexity index is 434. The van der Waals surface area contributed by atoms with Crippen LogP contribution in [0.15, 0.2) is 12.3 Å². The summed E-state index contributed by atoms with van der Waals surface area (Å²) in [6.45, 7) is 1.90. The highest BCUT2D eigenvalue weighted by Crippen LogP contribution is 2.14. The normalized spacial score (nSPS) is 9.71. The van der Waals surface area contributed by atoms with E-state index >= 15 is 0 Å². The van der Waals surface area contributed by atoms with Gasteiger partial charge in [0.05, 0.1) is 24.1 Å². The number of pyridine rings is 1. The Kier molecular flexibility index (Phi) is 4.27. The Morgan fingerprint density at radius 1 is 1.53 bits per heavy atom. The van der Waals surface area contributed by atoms with Gasteiger partial charge < -0.3 is 21.5 Å². The van der Waals surface area contributed by atoms with Gasteiger partial charge in [-0.25, -0.2) is 4.98 Å². The third-order valence-electron chi connectivity index (χ3n) is 1.88. The lowest BCUT2D eigenvalue weighted by Gasteiger charge is -2.08. The number of nitrogen functional groups attached to an aromatic ring is 1. The van der Waals surface area contributed by atoms with Crippen LogP contribution in [0.2, 0.25) is 0 Å². The zero-order valence-electron chi connectivity index (χ0n) is 9.40. The van der Waals surface area contributed by atoms with E-state index in [0.717, 1.165) is 0 Å². The number of anilines is 2. The number of nitrogens with two attached hydrogens (primary N) is 2. The number of carbonyl (C=O) groups excluding carboxylic acids is 2. The van der Waals surface area contributed by atoms with Gasteiger partial charge in [0, 0.05) is 0 Å². The smallest absolute Gasteiger partial charge is 0.325 e. The number of hydrogen-bond donors (Lipinski definition) is 3. The van der Waals surface area contributed by atoms with Gasteiger partial charge in [0.15, 0.2) is 0 Å². The molecule has 0 aliphatic heterocycles. The molecule has 0 aliphatic rings. The molecule has 0 aromatic carbocycles. The first-order chi connectivity index (χ1) is 8.04. The Balaban J connectivity index is 2.77. The van der Waals surface area contributed by atoms with Crippen LogP contribution in [-0.4, -0.2) is 30.0 Å². The third-order valence-corrected chi connectivity index (χ3v) is 1.88. The summed E-state index contributed by atoms with van der Waals surface area (Å²) < 4.78 is 4.72. The van der Waals surface area contributed by atoms with Crippen molar-refractivity contribution in [3.05, 3.63) is 17.8 Å². The lowest BCUT2D eigenvalue weighted by atomic mass is 10.2. The molecule has 1 aromatic heterocycles. The van der Waals surface area contributed by atoms with Gasteiger partial charge in [-0.3, -0.25) is 9.59 Å². The van der Waals surface area contributed by atoms with E-state index < -0.39 is 11.9 Å². The minimum Gasteiger partial charge on any atom is -0.465 e. The maximum absolute atomic E-state index is 11.1. The average Bonchev–Trinajstić information content (AvgIpc) is 2.27. The molecule has 0 saturated heterocycles. The van der Waals surface area contributed by atoms with E-state index in [0.29, 0.717) is 12.3 Å². The first-order valence-electron chi connectivity index (χ1n) is 4.99. The van der Waals surface area contributed by atoms with Gasteiger partial charge in [-0.1, -0.05) is 0 Å². The number of carbonyl (C=O) groups is 2. The van der Waals surface area contributed by atoms with E-state index in [1.54, 1.807) is 6.92 Å². The number of rotatable bonds is 5. The molecular weight excluding hydrogens is 224 g/mol. The number of ether oxygens (including phenoxy) is 1. The minimum atomic E-state index is -0.670. The van der Waals surface area contributed by atoms with Crippen molar-refractivity contribution in [2.24, 2.45) is 5.73 Å². The Morgan fingerprint density at radius 2 is 2.24 bits per heavy atom. The summed E-state index contributed by atoms with van der Waals surface area (Å²) >= 11 is 0. The molecule has 0 spiro atoms. The number of primary amides is 1. The fraction of sp³-hybridized carbons (Fsp3) is 0.300. The number of nitrogens with one attached hydrogen (secondary N) is 1. The van der Waals surface area contributed by atoms with Crippen molar-refractivity contribution < 1.29 is 14.3 Å². The van der Waals surface area contributed by atoms with Crippen LogP contribution in [-0.2, 0) is 9.53 Å². The molecule has 0 atom stereocenters. The van der Waals surface area contributed by atoms with Gasteiger partial charge in [-0.15, -0.1) is 0 Å². The van der Waals surface area contributed by atoms with Gasteiger partial charge in [-0.05, 0) is 13.0 Å². The third kappa shape index (κ3) is 3.63. The first-order valence-corrected chi connectivity index (χ1v) is 4.99. The molecule has 1 amide bonds. The van der Waals surface area contributed by atoms with E-state index in [1.807, 2.05) is 0 Å². The Labute approximate surface area is 98.1 Å². The molecule has 0 radical (unpaired) electrons. The van der Waals surface area contributed by atoms with Gasteiger partial charge in [0.25, 0.3) is 5.91 Å². The zero-order valence-corrected chi connectivity index (χ0v) is 9.40. The summed E-state index contributed by atoms with van der Waals surface area (Å²) in [7, 11) is 0. The number of esters is 1. The molecule has 7 nitrogen and oxygen atoms in total. The fourth-order valence-corrected chi connectivity index (χ4v) is 1.18. The van der Waals surface area contributed by atoms with E-state index in [9.17, 15) is 9.59 Å². The van der Waals surface area contributed by atoms with Crippen molar-refractivity contribution in [3.63, 3.8) is 0 Å². The van der Waals surface area contributed by atoms with E-state index in [4.69, 9.17) is 16.2 Å². The summed E-state index contributed by atoms with van der Waals surface area (Å²) in [4.78, 5) is 26.1. The van der Waals surface area contributed by atoms with Crippen molar-refractivity contribution in [1.82, 2.24) is 4.98 Å². The standard InChI is InChI=1S/C10H14N4O3/c1-2-17-8(15)5-14-10-7(9(12)16)3-6(11)4-13-10/h3-4H,2,5,11H2,1H3,(H2,12,16)(H,13,14). The van der Waals surface area contributed by atoms with Crippen molar-refractivity contribution in [1.29, 1.82) is 0 Å². The van der Waals surface area contributed by atoms with Crippen molar-refractivity contribution >= 4 is 23.4 Å². The number of amides is 1. The summed E-state index contributed by atoms with van der Waals surface area (Å²) in [6.07, 6.45) is 1.36. The largest absolute Gasteiger partial charge is 0.465 e. The predicted molar refractivity (Wildman–Crippen MR) is 62.3 cm³/mol. The predicted octanol–water partition coefficient (Wildman–Crippen LogP) is -0.262. The molecule has 0 bridgehead atoms. The second kappa shape index (κ2) is 5.69. The molecule has 1 aromatic rings. The molecule has 0 unspecified atom stereocenters. The quantitative estimate of drug-likeness (QED) is 0.608.